The van der Waals surface area contributed by atoms with Crippen molar-refractivity contribution in [2.24, 2.45) is 0 Å². The highest BCUT2D eigenvalue weighted by Gasteiger charge is 2.35. The number of rotatable bonds is 7. The molecule has 1 amide bonds. The van der Waals surface area contributed by atoms with Gasteiger partial charge in [0.1, 0.15) is 5.82 Å². The number of aliphatic hydroxyl groups excluding tert-OH is 1. The van der Waals surface area contributed by atoms with E-state index >= 15 is 0 Å². The van der Waals surface area contributed by atoms with Crippen molar-refractivity contribution in [3.05, 3.63) is 35.6 Å². The predicted molar refractivity (Wildman–Crippen MR) is 88.7 cm³/mol. The first-order valence-electron chi connectivity index (χ1n) is 8.31. The topological polar surface area (TPSA) is 52.6 Å². The second-order valence-corrected chi connectivity index (χ2v) is 6.72. The van der Waals surface area contributed by atoms with Crippen LogP contribution in [0.4, 0.5) is 4.39 Å². The van der Waals surface area contributed by atoms with Crippen LogP contribution < -0.4 is 5.32 Å². The Balaban J connectivity index is 1.98. The van der Waals surface area contributed by atoms with Crippen LogP contribution in [0.1, 0.15) is 38.2 Å². The molecule has 0 saturated heterocycles. The molecule has 128 valence electrons. The Hall–Kier alpha value is -1.46. The van der Waals surface area contributed by atoms with E-state index < -0.39 is 0 Å². The molecule has 1 unspecified atom stereocenters. The van der Waals surface area contributed by atoms with Crippen LogP contribution in [0.3, 0.4) is 0 Å². The lowest BCUT2D eigenvalue weighted by Gasteiger charge is -2.31. The summed E-state index contributed by atoms with van der Waals surface area (Å²) in [4.78, 5) is 14.0. The van der Waals surface area contributed by atoms with E-state index in [4.69, 9.17) is 5.11 Å². The van der Waals surface area contributed by atoms with E-state index in [0.717, 1.165) is 31.2 Å². The summed E-state index contributed by atoms with van der Waals surface area (Å²) in [5.41, 5.74) is 1.03. The van der Waals surface area contributed by atoms with Gasteiger partial charge in [0.05, 0.1) is 13.2 Å². The molecule has 1 aromatic carbocycles. The van der Waals surface area contributed by atoms with Gasteiger partial charge in [0.25, 0.3) is 0 Å². The SMILES string of the molecule is CC(CO)N(C)CC(=O)NCC1(c2ccc(F)cc2)CCCC1. The van der Waals surface area contributed by atoms with Crippen LogP contribution in [-0.2, 0) is 10.2 Å². The minimum Gasteiger partial charge on any atom is -0.395 e. The maximum absolute atomic E-state index is 13.2. The molecule has 0 bridgehead atoms. The zero-order valence-electron chi connectivity index (χ0n) is 14.0. The Morgan fingerprint density at radius 2 is 1.96 bits per heavy atom. The van der Waals surface area contributed by atoms with Crippen molar-refractivity contribution in [2.45, 2.75) is 44.1 Å². The summed E-state index contributed by atoms with van der Waals surface area (Å²) in [6.07, 6.45) is 4.30. The molecule has 1 aliphatic rings. The van der Waals surface area contributed by atoms with Crippen LogP contribution in [0.15, 0.2) is 24.3 Å². The van der Waals surface area contributed by atoms with Crippen molar-refractivity contribution in [2.75, 3.05) is 26.7 Å². The average molecular weight is 322 g/mol. The fourth-order valence-electron chi connectivity index (χ4n) is 3.27. The third-order valence-corrected chi connectivity index (χ3v) is 5.05. The normalized spacial score (nSPS) is 18.1. The molecule has 5 heteroatoms. The molecule has 0 radical (unpaired) electrons. The number of aliphatic hydroxyl groups is 1. The minimum atomic E-state index is -0.231. The maximum Gasteiger partial charge on any atom is 0.234 e. The molecule has 1 aromatic rings. The van der Waals surface area contributed by atoms with Crippen molar-refractivity contribution >= 4 is 5.91 Å². The second-order valence-electron chi connectivity index (χ2n) is 6.72. The van der Waals surface area contributed by atoms with Gasteiger partial charge in [-0.1, -0.05) is 25.0 Å². The highest BCUT2D eigenvalue weighted by molar-refractivity contribution is 5.78. The molecule has 23 heavy (non-hydrogen) atoms. The Morgan fingerprint density at radius 3 is 2.52 bits per heavy atom. The molecule has 2 rings (SSSR count). The lowest BCUT2D eigenvalue weighted by molar-refractivity contribution is -0.122. The molecule has 0 spiro atoms. The molecule has 0 aromatic heterocycles. The van der Waals surface area contributed by atoms with Gasteiger partial charge in [0.15, 0.2) is 0 Å². The Labute approximate surface area is 137 Å². The van der Waals surface area contributed by atoms with Crippen molar-refractivity contribution in [3.8, 4) is 0 Å². The zero-order valence-corrected chi connectivity index (χ0v) is 14.0. The van der Waals surface area contributed by atoms with E-state index in [1.165, 1.54) is 12.1 Å². The van der Waals surface area contributed by atoms with Gasteiger partial charge in [0.2, 0.25) is 5.91 Å². The van der Waals surface area contributed by atoms with Gasteiger partial charge >= 0.3 is 0 Å². The van der Waals surface area contributed by atoms with Gasteiger partial charge in [-0.15, -0.1) is 0 Å². The number of carbonyl (C=O) groups excluding carboxylic acids is 1. The number of nitrogens with one attached hydrogen (secondary N) is 1. The van der Waals surface area contributed by atoms with Gasteiger partial charge < -0.3 is 10.4 Å². The van der Waals surface area contributed by atoms with E-state index in [2.05, 4.69) is 5.32 Å². The number of halogens is 1. The Bertz CT molecular complexity index is 512. The first kappa shape index (κ1) is 17.9. The lowest BCUT2D eigenvalue weighted by Crippen LogP contribution is -2.45. The van der Waals surface area contributed by atoms with Gasteiger partial charge in [-0.25, -0.2) is 4.39 Å². The Kier molecular flexibility index (Phi) is 6.13. The van der Waals surface area contributed by atoms with Crippen molar-refractivity contribution in [3.63, 3.8) is 0 Å². The number of likely N-dealkylation sites (N-methyl/N-ethyl adjacent to an activating group) is 1. The highest BCUT2D eigenvalue weighted by atomic mass is 19.1. The monoisotopic (exact) mass is 322 g/mol. The van der Waals surface area contributed by atoms with Gasteiger partial charge in [0, 0.05) is 18.0 Å². The van der Waals surface area contributed by atoms with Crippen molar-refractivity contribution < 1.29 is 14.3 Å². The first-order chi connectivity index (χ1) is 11.0. The fraction of sp³-hybridized carbons (Fsp3) is 0.611. The third kappa shape index (κ3) is 4.52. The smallest absolute Gasteiger partial charge is 0.234 e. The number of hydrogen-bond acceptors (Lipinski definition) is 3. The quantitative estimate of drug-likeness (QED) is 0.808. The molecule has 4 nitrogen and oxygen atoms in total. The number of benzene rings is 1. The van der Waals surface area contributed by atoms with E-state index in [0.29, 0.717) is 6.54 Å². The molecule has 1 atom stereocenters. The second kappa shape index (κ2) is 7.88. The molecule has 1 fully saturated rings. The van der Waals surface area contributed by atoms with Gasteiger partial charge in [-0.3, -0.25) is 9.69 Å². The summed E-state index contributed by atoms with van der Waals surface area (Å²) in [5.74, 6) is -0.272. The summed E-state index contributed by atoms with van der Waals surface area (Å²) in [6.45, 7) is 2.76. The number of nitrogens with zero attached hydrogens (tertiary/aromatic N) is 1. The minimum absolute atomic E-state index is 0.0310. The molecule has 0 aliphatic heterocycles. The van der Waals surface area contributed by atoms with E-state index in [-0.39, 0.29) is 36.3 Å². The largest absolute Gasteiger partial charge is 0.395 e. The fourth-order valence-corrected chi connectivity index (χ4v) is 3.27. The van der Waals surface area contributed by atoms with Crippen LogP contribution in [0.25, 0.3) is 0 Å². The van der Waals surface area contributed by atoms with E-state index in [9.17, 15) is 9.18 Å². The summed E-state index contributed by atoms with van der Waals surface area (Å²) in [6, 6.07) is 6.62. The average Bonchev–Trinajstić information content (AvgIpc) is 3.03. The molecule has 2 N–H and O–H groups in total. The highest BCUT2D eigenvalue weighted by Crippen LogP contribution is 2.40. The summed E-state index contributed by atoms with van der Waals surface area (Å²) in [7, 11) is 1.83. The third-order valence-electron chi connectivity index (χ3n) is 5.05. The molecule has 0 heterocycles. The number of carbonyl (C=O) groups is 1. The number of amides is 1. The van der Waals surface area contributed by atoms with Gasteiger partial charge in [-0.05, 0) is 44.5 Å². The first-order valence-corrected chi connectivity index (χ1v) is 8.31. The van der Waals surface area contributed by atoms with Crippen LogP contribution in [-0.4, -0.2) is 48.7 Å². The van der Waals surface area contributed by atoms with Crippen LogP contribution in [0.2, 0.25) is 0 Å². The summed E-state index contributed by atoms with van der Waals surface area (Å²) in [5, 5.41) is 12.2. The summed E-state index contributed by atoms with van der Waals surface area (Å²) < 4.78 is 13.2. The number of hydrogen-bond donors (Lipinski definition) is 2. The zero-order chi connectivity index (χ0) is 16.9. The van der Waals surface area contributed by atoms with E-state index in [1.807, 2.05) is 31.0 Å². The lowest BCUT2D eigenvalue weighted by atomic mass is 9.79. The van der Waals surface area contributed by atoms with Gasteiger partial charge in [-0.2, -0.15) is 0 Å². The van der Waals surface area contributed by atoms with Crippen molar-refractivity contribution in [1.82, 2.24) is 10.2 Å². The van der Waals surface area contributed by atoms with Crippen molar-refractivity contribution in [1.29, 1.82) is 0 Å². The standard InChI is InChI=1S/C18H27FN2O2/c1-14(12-22)21(2)11-17(23)20-13-18(9-3-4-10-18)15-5-7-16(19)8-6-15/h5-8,14,22H,3-4,9-13H2,1-2H3,(H,20,23). The van der Waals surface area contributed by atoms with Crippen LogP contribution in [0, 0.1) is 5.82 Å². The van der Waals surface area contributed by atoms with Crippen LogP contribution >= 0.6 is 0 Å². The van der Waals surface area contributed by atoms with E-state index in [1.54, 1.807) is 0 Å². The van der Waals surface area contributed by atoms with Crippen LogP contribution in [0.5, 0.6) is 0 Å². The Morgan fingerprint density at radius 1 is 1.35 bits per heavy atom. The molecular formula is C18H27FN2O2. The molecule has 1 saturated carbocycles. The summed E-state index contributed by atoms with van der Waals surface area (Å²) >= 11 is 0. The molecule has 1 aliphatic carbocycles. The maximum atomic E-state index is 13.2. The predicted octanol–water partition coefficient (Wildman–Crippen LogP) is 2.07. The molecular weight excluding hydrogens is 295 g/mol.